The summed E-state index contributed by atoms with van der Waals surface area (Å²) in [4.78, 5) is 0. The summed E-state index contributed by atoms with van der Waals surface area (Å²) in [5.41, 5.74) is 0. The Morgan fingerprint density at radius 3 is 2.21 bits per heavy atom. The summed E-state index contributed by atoms with van der Waals surface area (Å²) in [7, 11) is 0. The van der Waals surface area contributed by atoms with Crippen LogP contribution in [0, 0.1) is 0 Å². The molecule has 0 atom stereocenters. The lowest BCUT2D eigenvalue weighted by Crippen LogP contribution is -2.48. The quantitative estimate of drug-likeness (QED) is 0.693. The smallest absolute Gasteiger partial charge is 0.0824 e. The first-order valence-corrected chi connectivity index (χ1v) is 6.62. The first-order valence-electron chi connectivity index (χ1n) is 5.47. The lowest BCUT2D eigenvalue weighted by molar-refractivity contribution is -0.0380. The van der Waals surface area contributed by atoms with Crippen LogP contribution in [0.5, 0.6) is 0 Å². The second kappa shape index (κ2) is 5.95. The van der Waals surface area contributed by atoms with Gasteiger partial charge in [-0.3, -0.25) is 0 Å². The first kappa shape index (κ1) is 10.7. The molecule has 2 aliphatic heterocycles. The molecule has 0 bridgehead atoms. The summed E-state index contributed by atoms with van der Waals surface area (Å²) in [6.07, 6.45) is 3.38. The van der Waals surface area contributed by atoms with Crippen LogP contribution < -0.4 is 5.32 Å². The highest BCUT2D eigenvalue weighted by molar-refractivity contribution is 7.99. The highest BCUT2D eigenvalue weighted by Gasteiger charge is 2.17. The maximum atomic E-state index is 5.74. The fraction of sp³-hybridized carbons (Fsp3) is 1.00. The minimum atomic E-state index is 0.445. The molecule has 1 N–H and O–H groups in total. The molecule has 0 amide bonds. The molecule has 0 unspecified atom stereocenters. The number of hydrogen-bond donors (Lipinski definition) is 1. The maximum Gasteiger partial charge on any atom is 0.0824 e. The minimum absolute atomic E-state index is 0.445. The van der Waals surface area contributed by atoms with Crippen molar-refractivity contribution in [1.29, 1.82) is 0 Å². The van der Waals surface area contributed by atoms with Crippen LogP contribution in [0.15, 0.2) is 0 Å². The van der Waals surface area contributed by atoms with Gasteiger partial charge in [-0.25, -0.2) is 0 Å². The number of rotatable bonds is 5. The van der Waals surface area contributed by atoms with Gasteiger partial charge >= 0.3 is 0 Å². The Morgan fingerprint density at radius 1 is 1.00 bits per heavy atom. The van der Waals surface area contributed by atoms with E-state index in [1.165, 1.54) is 24.3 Å². The van der Waals surface area contributed by atoms with E-state index in [1.54, 1.807) is 0 Å². The van der Waals surface area contributed by atoms with Crippen LogP contribution in [0.4, 0.5) is 0 Å². The molecule has 0 radical (unpaired) electrons. The van der Waals surface area contributed by atoms with Crippen LogP contribution in [0.3, 0.4) is 0 Å². The van der Waals surface area contributed by atoms with Crippen molar-refractivity contribution in [2.45, 2.75) is 25.0 Å². The van der Waals surface area contributed by atoms with Gasteiger partial charge in [-0.2, -0.15) is 11.8 Å². The second-order valence-electron chi connectivity index (χ2n) is 3.83. The molecule has 82 valence electrons. The predicted molar refractivity (Wildman–Crippen MR) is 58.9 cm³/mol. The third kappa shape index (κ3) is 3.42. The summed E-state index contributed by atoms with van der Waals surface area (Å²) in [5, 5.41) is 3.18. The molecule has 2 saturated heterocycles. The summed E-state index contributed by atoms with van der Waals surface area (Å²) in [5.74, 6) is 2.52. The van der Waals surface area contributed by atoms with Crippen molar-refractivity contribution in [2.75, 3.05) is 37.8 Å². The predicted octanol–water partition coefficient (Wildman–Crippen LogP) is 0.887. The summed E-state index contributed by atoms with van der Waals surface area (Å²) in [6, 6.07) is 0. The molecule has 0 aromatic carbocycles. The van der Waals surface area contributed by atoms with Crippen molar-refractivity contribution in [3.63, 3.8) is 0 Å². The molecule has 4 heteroatoms. The first-order chi connectivity index (χ1) is 6.95. The molecule has 2 rings (SSSR count). The van der Waals surface area contributed by atoms with E-state index < -0.39 is 0 Å². The fourth-order valence-electron chi connectivity index (χ4n) is 1.65. The van der Waals surface area contributed by atoms with Gasteiger partial charge in [-0.15, -0.1) is 0 Å². The van der Waals surface area contributed by atoms with Gasteiger partial charge in [0.05, 0.1) is 25.4 Å². The number of thioether (sulfide) groups is 1. The minimum Gasteiger partial charge on any atom is -0.376 e. The van der Waals surface area contributed by atoms with E-state index in [0.717, 1.165) is 26.3 Å². The van der Waals surface area contributed by atoms with Gasteiger partial charge in [0, 0.05) is 13.1 Å². The highest BCUT2D eigenvalue weighted by atomic mass is 32.2. The Kier molecular flexibility index (Phi) is 4.57. The molecule has 2 aliphatic rings. The van der Waals surface area contributed by atoms with Crippen LogP contribution in [-0.4, -0.2) is 50.0 Å². The number of hydrogen-bond acceptors (Lipinski definition) is 4. The lowest BCUT2D eigenvalue weighted by Gasteiger charge is -2.27. The van der Waals surface area contributed by atoms with Crippen LogP contribution in [-0.2, 0) is 9.47 Å². The third-order valence-electron chi connectivity index (χ3n) is 2.70. The van der Waals surface area contributed by atoms with Crippen molar-refractivity contribution in [2.24, 2.45) is 0 Å². The molecule has 14 heavy (non-hydrogen) atoms. The summed E-state index contributed by atoms with van der Waals surface area (Å²) in [6.45, 7) is 3.56. The molecule has 2 heterocycles. The molecule has 0 aromatic rings. The van der Waals surface area contributed by atoms with Crippen molar-refractivity contribution < 1.29 is 9.47 Å². The Bertz CT molecular complexity index is 158. The zero-order chi connectivity index (χ0) is 9.64. The van der Waals surface area contributed by atoms with Gasteiger partial charge in [-0.1, -0.05) is 0 Å². The van der Waals surface area contributed by atoms with Crippen LogP contribution in [0.25, 0.3) is 0 Å². The zero-order valence-corrected chi connectivity index (χ0v) is 9.35. The van der Waals surface area contributed by atoms with Gasteiger partial charge in [0.25, 0.3) is 0 Å². The number of ether oxygens (including phenoxy) is 2. The molecule has 0 aliphatic carbocycles. The van der Waals surface area contributed by atoms with E-state index in [2.05, 4.69) is 5.32 Å². The largest absolute Gasteiger partial charge is 0.376 e. The van der Waals surface area contributed by atoms with Crippen molar-refractivity contribution in [3.05, 3.63) is 0 Å². The van der Waals surface area contributed by atoms with Gasteiger partial charge in [-0.05, 0) is 24.3 Å². The zero-order valence-electron chi connectivity index (χ0n) is 8.54. The molecule has 3 nitrogen and oxygen atoms in total. The van der Waals surface area contributed by atoms with Gasteiger partial charge in [0.15, 0.2) is 0 Å². The highest BCUT2D eigenvalue weighted by Crippen LogP contribution is 2.19. The second-order valence-corrected chi connectivity index (χ2v) is 5.06. The third-order valence-corrected chi connectivity index (χ3v) is 3.75. The van der Waals surface area contributed by atoms with Crippen LogP contribution in [0.2, 0.25) is 0 Å². The average molecular weight is 217 g/mol. The Hall–Kier alpha value is 0.230. The maximum absolute atomic E-state index is 5.74. The van der Waals surface area contributed by atoms with Crippen molar-refractivity contribution >= 4 is 11.8 Å². The average Bonchev–Trinajstić information content (AvgIpc) is 2.16. The molecular formula is C10H19NO2S. The Balaban J connectivity index is 1.45. The molecule has 0 spiro atoms. The summed E-state index contributed by atoms with van der Waals surface area (Å²) < 4.78 is 11.3. The molecule has 0 saturated carbocycles. The van der Waals surface area contributed by atoms with E-state index in [4.69, 9.17) is 9.47 Å². The fourth-order valence-corrected chi connectivity index (χ4v) is 2.72. The SMILES string of the molecule is C(COC1CNC1)OC1CCSCC1. The van der Waals surface area contributed by atoms with E-state index >= 15 is 0 Å². The Morgan fingerprint density at radius 2 is 1.64 bits per heavy atom. The van der Waals surface area contributed by atoms with Crippen molar-refractivity contribution in [1.82, 2.24) is 5.32 Å². The van der Waals surface area contributed by atoms with E-state index in [0.29, 0.717) is 12.2 Å². The van der Waals surface area contributed by atoms with Crippen molar-refractivity contribution in [3.8, 4) is 0 Å². The standard InChI is InChI=1S/C10H19NO2S/c1-5-14-6-2-9(1)12-3-4-13-10-7-11-8-10/h9-11H,1-8H2. The molecular weight excluding hydrogens is 198 g/mol. The molecule has 2 fully saturated rings. The lowest BCUT2D eigenvalue weighted by atomic mass is 10.2. The summed E-state index contributed by atoms with van der Waals surface area (Å²) >= 11 is 2.04. The van der Waals surface area contributed by atoms with Gasteiger partial charge < -0.3 is 14.8 Å². The van der Waals surface area contributed by atoms with Gasteiger partial charge in [0.2, 0.25) is 0 Å². The van der Waals surface area contributed by atoms with E-state index in [-0.39, 0.29) is 0 Å². The monoisotopic (exact) mass is 217 g/mol. The van der Waals surface area contributed by atoms with Gasteiger partial charge in [0.1, 0.15) is 0 Å². The van der Waals surface area contributed by atoms with E-state index in [9.17, 15) is 0 Å². The van der Waals surface area contributed by atoms with Crippen LogP contribution >= 0.6 is 11.8 Å². The molecule has 0 aromatic heterocycles. The van der Waals surface area contributed by atoms with E-state index in [1.807, 2.05) is 11.8 Å². The van der Waals surface area contributed by atoms with Crippen LogP contribution in [0.1, 0.15) is 12.8 Å². The number of nitrogens with one attached hydrogen (secondary N) is 1. The topological polar surface area (TPSA) is 30.5 Å². The Labute approximate surface area is 89.9 Å². The normalized spacial score (nSPS) is 24.9.